The van der Waals surface area contributed by atoms with Gasteiger partial charge in [-0.25, -0.2) is 4.79 Å². The Balaban J connectivity index is 1.61. The summed E-state index contributed by atoms with van der Waals surface area (Å²) in [5.74, 6) is -1.07. The minimum atomic E-state index is -0.833. The Morgan fingerprint density at radius 2 is 1.97 bits per heavy atom. The number of nitrogens with one attached hydrogen (secondary N) is 3. The van der Waals surface area contributed by atoms with Crippen molar-refractivity contribution < 1.29 is 19.1 Å². The van der Waals surface area contributed by atoms with Gasteiger partial charge in [0.1, 0.15) is 23.4 Å². The first-order valence-electron chi connectivity index (χ1n) is 12.2. The number of amides is 2. The fraction of sp³-hybridized carbons (Fsp3) is 0.480. The van der Waals surface area contributed by atoms with Gasteiger partial charge in [-0.2, -0.15) is 10.4 Å². The van der Waals surface area contributed by atoms with Crippen LogP contribution in [0.15, 0.2) is 29.6 Å². The van der Waals surface area contributed by atoms with Crippen LogP contribution in [-0.4, -0.2) is 77.1 Å². The molecule has 0 spiro atoms. The first-order chi connectivity index (χ1) is 17.4. The molecule has 0 aliphatic carbocycles. The molecule has 2 amide bonds. The number of hydrogen-bond donors (Lipinski definition) is 3. The molecular formula is C25H31N7O4. The summed E-state index contributed by atoms with van der Waals surface area (Å²) in [6.07, 6.45) is 3.97. The standard InChI is InChI=1S/C25H31N7O4/c1-16-17-8-7-10-19(22(17)30-29-16)27-23(18(14-26)25(35)36-2)28-20-9-3-4-13-32(24(20)34)15-21(33)31-11-5-6-12-31/h7-8,10,20,27-28H,3-6,9,11-13,15H2,1-2H3,(H,29,30)/b23-18-/t20-/m0/s1. The van der Waals surface area contributed by atoms with Gasteiger partial charge in [0.15, 0.2) is 5.57 Å². The van der Waals surface area contributed by atoms with Crippen molar-refractivity contribution in [2.24, 2.45) is 0 Å². The highest BCUT2D eigenvalue weighted by Crippen LogP contribution is 2.25. The first kappa shape index (κ1) is 25.0. The number of hydrogen-bond acceptors (Lipinski definition) is 8. The van der Waals surface area contributed by atoms with Gasteiger partial charge in [-0.3, -0.25) is 14.7 Å². The molecule has 190 valence electrons. The predicted octanol–water partition coefficient (Wildman–Crippen LogP) is 1.78. The van der Waals surface area contributed by atoms with E-state index in [4.69, 9.17) is 4.74 Å². The number of ether oxygens (including phenoxy) is 1. The van der Waals surface area contributed by atoms with E-state index in [1.54, 1.807) is 15.9 Å². The van der Waals surface area contributed by atoms with E-state index in [0.717, 1.165) is 49.9 Å². The molecule has 1 aromatic carbocycles. The number of anilines is 1. The van der Waals surface area contributed by atoms with E-state index in [1.807, 2.05) is 25.1 Å². The van der Waals surface area contributed by atoms with Crippen LogP contribution in [0.25, 0.3) is 10.9 Å². The monoisotopic (exact) mass is 493 g/mol. The molecule has 3 heterocycles. The van der Waals surface area contributed by atoms with Crippen LogP contribution in [0.5, 0.6) is 0 Å². The highest BCUT2D eigenvalue weighted by molar-refractivity contribution is 5.97. The van der Waals surface area contributed by atoms with Gasteiger partial charge in [0.2, 0.25) is 11.8 Å². The van der Waals surface area contributed by atoms with Crippen molar-refractivity contribution in [1.29, 1.82) is 5.26 Å². The van der Waals surface area contributed by atoms with Gasteiger partial charge < -0.3 is 25.2 Å². The summed E-state index contributed by atoms with van der Waals surface area (Å²) in [7, 11) is 1.19. The fourth-order valence-electron chi connectivity index (χ4n) is 4.68. The fourth-order valence-corrected chi connectivity index (χ4v) is 4.68. The second-order valence-electron chi connectivity index (χ2n) is 9.07. The number of esters is 1. The molecule has 3 N–H and O–H groups in total. The van der Waals surface area contributed by atoms with Gasteiger partial charge in [0, 0.05) is 30.7 Å². The summed E-state index contributed by atoms with van der Waals surface area (Å²) in [6, 6.07) is 6.68. The van der Waals surface area contributed by atoms with Gasteiger partial charge in [0.25, 0.3) is 0 Å². The van der Waals surface area contributed by atoms with Crippen LogP contribution in [0.1, 0.15) is 37.8 Å². The molecule has 2 aliphatic heterocycles. The number of aromatic nitrogens is 2. The average molecular weight is 494 g/mol. The zero-order valence-corrected chi connectivity index (χ0v) is 20.6. The van der Waals surface area contributed by atoms with E-state index < -0.39 is 12.0 Å². The van der Waals surface area contributed by atoms with Crippen molar-refractivity contribution in [2.45, 2.75) is 45.1 Å². The summed E-state index contributed by atoms with van der Waals surface area (Å²) >= 11 is 0. The molecule has 0 saturated carbocycles. The van der Waals surface area contributed by atoms with Crippen molar-refractivity contribution in [3.05, 3.63) is 35.3 Å². The van der Waals surface area contributed by atoms with Gasteiger partial charge in [-0.05, 0) is 45.1 Å². The number of carbonyl (C=O) groups excluding carboxylic acids is 3. The molecule has 2 aliphatic rings. The lowest BCUT2D eigenvalue weighted by atomic mass is 10.1. The number of carbonyl (C=O) groups is 3. The minimum Gasteiger partial charge on any atom is -0.465 e. The molecule has 2 fully saturated rings. The van der Waals surface area contributed by atoms with Crippen LogP contribution in [0, 0.1) is 18.3 Å². The number of H-pyrrole nitrogens is 1. The third kappa shape index (κ3) is 5.27. The first-order valence-corrected chi connectivity index (χ1v) is 12.2. The van der Waals surface area contributed by atoms with Crippen molar-refractivity contribution in [3.8, 4) is 6.07 Å². The number of likely N-dealkylation sites (tertiary alicyclic amines) is 2. The topological polar surface area (TPSA) is 143 Å². The zero-order chi connectivity index (χ0) is 25.7. The van der Waals surface area contributed by atoms with Gasteiger partial charge >= 0.3 is 5.97 Å². The number of fused-ring (bicyclic) bond motifs is 1. The van der Waals surface area contributed by atoms with E-state index in [2.05, 4.69) is 20.8 Å². The highest BCUT2D eigenvalue weighted by atomic mass is 16.5. The number of methoxy groups -OCH3 is 1. The normalized spacial score (nSPS) is 18.9. The Labute approximate surface area is 209 Å². The summed E-state index contributed by atoms with van der Waals surface area (Å²) in [6.45, 7) is 3.85. The van der Waals surface area contributed by atoms with Crippen LogP contribution in [0.3, 0.4) is 0 Å². The van der Waals surface area contributed by atoms with Gasteiger partial charge in [0.05, 0.1) is 19.3 Å². The van der Waals surface area contributed by atoms with Crippen LogP contribution >= 0.6 is 0 Å². The molecule has 0 bridgehead atoms. The maximum atomic E-state index is 13.5. The zero-order valence-electron chi connectivity index (χ0n) is 20.6. The van der Waals surface area contributed by atoms with Crippen molar-refractivity contribution in [3.63, 3.8) is 0 Å². The third-order valence-electron chi connectivity index (χ3n) is 6.67. The summed E-state index contributed by atoms with van der Waals surface area (Å²) in [4.78, 5) is 42.0. The predicted molar refractivity (Wildman–Crippen MR) is 132 cm³/mol. The molecule has 11 heteroatoms. The highest BCUT2D eigenvalue weighted by Gasteiger charge is 2.32. The van der Waals surface area contributed by atoms with Gasteiger partial charge in [-0.15, -0.1) is 0 Å². The van der Waals surface area contributed by atoms with E-state index >= 15 is 0 Å². The molecule has 0 radical (unpaired) electrons. The molecule has 36 heavy (non-hydrogen) atoms. The lowest BCUT2D eigenvalue weighted by Gasteiger charge is -2.28. The molecule has 1 aromatic heterocycles. The van der Waals surface area contributed by atoms with E-state index in [-0.39, 0.29) is 29.8 Å². The molecular weight excluding hydrogens is 462 g/mol. The van der Waals surface area contributed by atoms with Gasteiger partial charge in [-0.1, -0.05) is 12.1 Å². The molecule has 1 atom stereocenters. The second-order valence-corrected chi connectivity index (χ2v) is 9.07. The number of benzene rings is 1. The smallest absolute Gasteiger partial charge is 0.352 e. The maximum Gasteiger partial charge on any atom is 0.352 e. The Morgan fingerprint density at radius 1 is 1.22 bits per heavy atom. The molecule has 2 aromatic rings. The lowest BCUT2D eigenvalue weighted by Crippen LogP contribution is -2.49. The maximum absolute atomic E-state index is 13.5. The number of rotatable bonds is 7. The summed E-state index contributed by atoms with van der Waals surface area (Å²) in [5.41, 5.74) is 1.76. The molecule has 4 rings (SSSR count). The Morgan fingerprint density at radius 3 is 2.69 bits per heavy atom. The van der Waals surface area contributed by atoms with Crippen molar-refractivity contribution >= 4 is 34.4 Å². The van der Waals surface area contributed by atoms with Crippen molar-refractivity contribution in [1.82, 2.24) is 25.3 Å². The van der Waals surface area contributed by atoms with E-state index in [9.17, 15) is 19.6 Å². The van der Waals surface area contributed by atoms with Crippen LogP contribution in [-0.2, 0) is 19.1 Å². The Kier molecular flexibility index (Phi) is 7.73. The average Bonchev–Trinajstić information content (AvgIpc) is 3.52. The second kappa shape index (κ2) is 11.1. The molecule has 11 nitrogen and oxygen atoms in total. The van der Waals surface area contributed by atoms with Crippen LogP contribution in [0.4, 0.5) is 5.69 Å². The quantitative estimate of drug-likeness (QED) is 0.301. The third-order valence-corrected chi connectivity index (χ3v) is 6.67. The number of aromatic amines is 1. The number of nitriles is 1. The summed E-state index contributed by atoms with van der Waals surface area (Å²) in [5, 5.41) is 24.1. The number of aryl methyl sites for hydroxylation is 1. The van der Waals surface area contributed by atoms with Crippen LogP contribution < -0.4 is 10.6 Å². The van der Waals surface area contributed by atoms with E-state index in [1.165, 1.54) is 7.11 Å². The molecule has 2 saturated heterocycles. The van der Waals surface area contributed by atoms with E-state index in [0.29, 0.717) is 24.2 Å². The molecule has 0 unspecified atom stereocenters. The summed E-state index contributed by atoms with van der Waals surface area (Å²) < 4.78 is 4.82. The minimum absolute atomic E-state index is 0.0253. The SMILES string of the molecule is COC(=O)/C(C#N)=C(/Nc1cccc2c(C)[nH]nc12)N[C@H]1CCCCN(CC(=O)N2CCCC2)C1=O. The van der Waals surface area contributed by atoms with Crippen molar-refractivity contribution in [2.75, 3.05) is 38.6 Å². The number of para-hydroxylation sites is 1. The lowest BCUT2D eigenvalue weighted by molar-refractivity contribution is -0.140. The number of nitrogens with zero attached hydrogens (tertiary/aromatic N) is 4. The largest absolute Gasteiger partial charge is 0.465 e. The Bertz CT molecular complexity index is 1220. The Hall–Kier alpha value is -4.07. The van der Waals surface area contributed by atoms with Crippen LogP contribution in [0.2, 0.25) is 0 Å².